The van der Waals surface area contributed by atoms with Crippen LogP contribution in [0.3, 0.4) is 0 Å². The zero-order valence-electron chi connectivity index (χ0n) is 9.47. The second-order valence-corrected chi connectivity index (χ2v) is 6.31. The molecule has 17 heavy (non-hydrogen) atoms. The van der Waals surface area contributed by atoms with E-state index in [1.165, 1.54) is 12.2 Å². The van der Waals surface area contributed by atoms with Gasteiger partial charge < -0.3 is 10.3 Å². The van der Waals surface area contributed by atoms with Gasteiger partial charge in [0.2, 0.25) is 0 Å². The van der Waals surface area contributed by atoms with E-state index in [9.17, 15) is 0 Å². The van der Waals surface area contributed by atoms with Crippen molar-refractivity contribution in [2.24, 2.45) is 0 Å². The van der Waals surface area contributed by atoms with Crippen LogP contribution in [0, 0.1) is 6.92 Å². The number of hydrogen-bond donors (Lipinski definition) is 1. The lowest BCUT2D eigenvalue weighted by atomic mass is 10.2. The minimum absolute atomic E-state index is 0.398. The van der Waals surface area contributed by atoms with Crippen molar-refractivity contribution in [2.45, 2.75) is 25.0 Å². The zero-order valence-corrected chi connectivity index (χ0v) is 11.1. The van der Waals surface area contributed by atoms with Crippen molar-refractivity contribution in [3.63, 3.8) is 0 Å². The van der Waals surface area contributed by atoms with E-state index in [0.29, 0.717) is 11.1 Å². The number of nitrogens with zero attached hydrogens (tertiary/aromatic N) is 2. The SMILES string of the molecule is Cc1csc(-c2nc(C3CCCS3)no2)c1N. The highest BCUT2D eigenvalue weighted by Crippen LogP contribution is 2.40. The summed E-state index contributed by atoms with van der Waals surface area (Å²) < 4.78 is 5.31. The van der Waals surface area contributed by atoms with Crippen LogP contribution in [0.25, 0.3) is 10.8 Å². The fourth-order valence-electron chi connectivity index (χ4n) is 1.86. The molecule has 0 spiro atoms. The van der Waals surface area contributed by atoms with Gasteiger partial charge in [0.25, 0.3) is 5.89 Å². The first-order valence-corrected chi connectivity index (χ1v) is 7.47. The summed E-state index contributed by atoms with van der Waals surface area (Å²) in [7, 11) is 0. The molecule has 90 valence electrons. The van der Waals surface area contributed by atoms with Gasteiger partial charge in [-0.15, -0.1) is 11.3 Å². The number of nitrogens with two attached hydrogens (primary N) is 1. The molecule has 3 rings (SSSR count). The monoisotopic (exact) mass is 267 g/mol. The van der Waals surface area contributed by atoms with Crippen LogP contribution in [0.2, 0.25) is 0 Å². The number of anilines is 1. The largest absolute Gasteiger partial charge is 0.397 e. The van der Waals surface area contributed by atoms with Crippen molar-refractivity contribution in [2.75, 3.05) is 11.5 Å². The lowest BCUT2D eigenvalue weighted by molar-refractivity contribution is 0.422. The van der Waals surface area contributed by atoms with Gasteiger partial charge in [0.1, 0.15) is 4.88 Å². The summed E-state index contributed by atoms with van der Waals surface area (Å²) in [5.41, 5.74) is 7.80. The maximum atomic E-state index is 5.97. The maximum absolute atomic E-state index is 5.97. The summed E-state index contributed by atoms with van der Waals surface area (Å²) in [5, 5.41) is 6.48. The molecule has 6 heteroatoms. The van der Waals surface area contributed by atoms with Crippen LogP contribution in [-0.2, 0) is 0 Å². The Kier molecular flexibility index (Phi) is 2.84. The van der Waals surface area contributed by atoms with Gasteiger partial charge in [0.05, 0.1) is 10.9 Å². The van der Waals surface area contributed by atoms with Gasteiger partial charge in [-0.1, -0.05) is 5.16 Å². The standard InChI is InChI=1S/C11H13N3OS2/c1-6-5-17-9(8(6)12)11-13-10(14-15-11)7-3-2-4-16-7/h5,7H,2-4,12H2,1H3. The van der Waals surface area contributed by atoms with E-state index in [1.807, 2.05) is 24.1 Å². The second-order valence-electron chi connectivity index (χ2n) is 4.12. The molecule has 0 saturated carbocycles. The number of thioether (sulfide) groups is 1. The fourth-order valence-corrected chi connectivity index (χ4v) is 3.95. The van der Waals surface area contributed by atoms with E-state index in [2.05, 4.69) is 10.1 Å². The number of rotatable bonds is 2. The minimum Gasteiger partial charge on any atom is -0.397 e. The molecule has 1 fully saturated rings. The van der Waals surface area contributed by atoms with Gasteiger partial charge in [0, 0.05) is 0 Å². The van der Waals surface area contributed by atoms with Crippen LogP contribution in [0.5, 0.6) is 0 Å². The predicted molar refractivity (Wildman–Crippen MR) is 71.2 cm³/mol. The van der Waals surface area contributed by atoms with Gasteiger partial charge in [-0.2, -0.15) is 16.7 Å². The van der Waals surface area contributed by atoms with Crippen molar-refractivity contribution in [3.05, 3.63) is 16.8 Å². The molecule has 1 aliphatic heterocycles. The van der Waals surface area contributed by atoms with Crippen molar-refractivity contribution in [3.8, 4) is 10.8 Å². The highest BCUT2D eigenvalue weighted by Gasteiger charge is 2.24. The first kappa shape index (κ1) is 11.1. The summed E-state index contributed by atoms with van der Waals surface area (Å²) in [4.78, 5) is 5.36. The highest BCUT2D eigenvalue weighted by molar-refractivity contribution is 7.99. The highest BCUT2D eigenvalue weighted by atomic mass is 32.2. The van der Waals surface area contributed by atoms with Gasteiger partial charge in [-0.05, 0) is 36.5 Å². The Labute approximate surface area is 108 Å². The molecular weight excluding hydrogens is 254 g/mol. The smallest absolute Gasteiger partial charge is 0.270 e. The molecule has 2 aromatic rings. The third-order valence-electron chi connectivity index (χ3n) is 2.88. The molecule has 0 aromatic carbocycles. The lowest BCUT2D eigenvalue weighted by Crippen LogP contribution is -1.91. The van der Waals surface area contributed by atoms with E-state index in [-0.39, 0.29) is 0 Å². The number of thiophene rings is 1. The first-order valence-electron chi connectivity index (χ1n) is 5.55. The zero-order chi connectivity index (χ0) is 11.8. The van der Waals surface area contributed by atoms with E-state index in [0.717, 1.165) is 28.4 Å². The Morgan fingerprint density at radius 1 is 1.53 bits per heavy atom. The summed E-state index contributed by atoms with van der Waals surface area (Å²) in [6, 6.07) is 0. The molecule has 0 aliphatic carbocycles. The predicted octanol–water partition coefficient (Wildman–Crippen LogP) is 3.26. The molecule has 2 aromatic heterocycles. The van der Waals surface area contributed by atoms with Gasteiger partial charge in [-0.25, -0.2) is 0 Å². The maximum Gasteiger partial charge on any atom is 0.270 e. The summed E-state index contributed by atoms with van der Waals surface area (Å²) >= 11 is 3.46. The summed E-state index contributed by atoms with van der Waals surface area (Å²) in [6.07, 6.45) is 2.38. The molecule has 0 bridgehead atoms. The van der Waals surface area contributed by atoms with Gasteiger partial charge in [-0.3, -0.25) is 0 Å². The Morgan fingerprint density at radius 3 is 3.06 bits per heavy atom. The molecule has 0 amide bonds. The third-order valence-corrected chi connectivity index (χ3v) is 5.35. The Balaban J connectivity index is 1.91. The van der Waals surface area contributed by atoms with Crippen LogP contribution < -0.4 is 5.73 Å². The molecule has 4 nitrogen and oxygen atoms in total. The van der Waals surface area contributed by atoms with Gasteiger partial charge in [0.15, 0.2) is 5.82 Å². The minimum atomic E-state index is 0.398. The molecule has 1 aliphatic rings. The van der Waals surface area contributed by atoms with Crippen molar-refractivity contribution in [1.82, 2.24) is 10.1 Å². The van der Waals surface area contributed by atoms with E-state index >= 15 is 0 Å². The number of nitrogen functional groups attached to an aromatic ring is 1. The van der Waals surface area contributed by atoms with Crippen LogP contribution in [0.15, 0.2) is 9.90 Å². The molecule has 2 N–H and O–H groups in total. The summed E-state index contributed by atoms with van der Waals surface area (Å²) in [5.74, 6) is 2.56. The van der Waals surface area contributed by atoms with Crippen molar-refractivity contribution >= 4 is 28.8 Å². The van der Waals surface area contributed by atoms with Crippen molar-refractivity contribution in [1.29, 1.82) is 0 Å². The fraction of sp³-hybridized carbons (Fsp3) is 0.455. The van der Waals surface area contributed by atoms with Crippen LogP contribution in [-0.4, -0.2) is 15.9 Å². The van der Waals surface area contributed by atoms with Gasteiger partial charge >= 0.3 is 0 Å². The molecule has 0 radical (unpaired) electrons. The average molecular weight is 267 g/mol. The Morgan fingerprint density at radius 2 is 2.41 bits per heavy atom. The normalized spacial score (nSPS) is 19.9. The topological polar surface area (TPSA) is 64.9 Å². The number of hydrogen-bond acceptors (Lipinski definition) is 6. The van der Waals surface area contributed by atoms with E-state index < -0.39 is 0 Å². The van der Waals surface area contributed by atoms with Crippen LogP contribution in [0.4, 0.5) is 5.69 Å². The average Bonchev–Trinajstić information content (AvgIpc) is 3.01. The lowest BCUT2D eigenvalue weighted by Gasteiger charge is -1.98. The van der Waals surface area contributed by atoms with E-state index in [1.54, 1.807) is 11.3 Å². The second kappa shape index (κ2) is 4.34. The number of aromatic nitrogens is 2. The third kappa shape index (κ3) is 1.95. The Hall–Kier alpha value is -1.01. The molecule has 1 atom stereocenters. The first-order chi connectivity index (χ1) is 8.25. The molecular formula is C11H13N3OS2. The molecule has 3 heterocycles. The van der Waals surface area contributed by atoms with Crippen LogP contribution >= 0.6 is 23.1 Å². The van der Waals surface area contributed by atoms with Crippen LogP contribution in [0.1, 0.15) is 29.5 Å². The van der Waals surface area contributed by atoms with Crippen molar-refractivity contribution < 1.29 is 4.52 Å². The quantitative estimate of drug-likeness (QED) is 0.904. The number of aryl methyl sites for hydroxylation is 1. The van der Waals surface area contributed by atoms with E-state index in [4.69, 9.17) is 10.3 Å². The summed E-state index contributed by atoms with van der Waals surface area (Å²) in [6.45, 7) is 1.99. The Bertz CT molecular complexity index is 529. The molecule has 1 unspecified atom stereocenters. The molecule has 1 saturated heterocycles.